The predicted octanol–water partition coefficient (Wildman–Crippen LogP) is 5.18. The molecule has 0 unspecified atom stereocenters. The molecule has 0 N–H and O–H groups in total. The summed E-state index contributed by atoms with van der Waals surface area (Å²) in [6.45, 7) is 0.388. The molecule has 0 spiro atoms. The SMILES string of the molecule is Clc1ccc(Cl)c(OCc2nc3ccccc3s2)c1. The summed E-state index contributed by atoms with van der Waals surface area (Å²) in [6, 6.07) is 13.2. The molecule has 2 nitrogen and oxygen atoms in total. The summed E-state index contributed by atoms with van der Waals surface area (Å²) in [6.07, 6.45) is 0. The van der Waals surface area contributed by atoms with E-state index in [4.69, 9.17) is 27.9 Å². The number of para-hydroxylation sites is 1. The van der Waals surface area contributed by atoms with Crippen molar-refractivity contribution < 1.29 is 4.74 Å². The van der Waals surface area contributed by atoms with Gasteiger partial charge >= 0.3 is 0 Å². The van der Waals surface area contributed by atoms with Gasteiger partial charge in [-0.1, -0.05) is 35.3 Å². The van der Waals surface area contributed by atoms with E-state index in [-0.39, 0.29) is 0 Å². The molecule has 0 aliphatic heterocycles. The lowest BCUT2D eigenvalue weighted by atomic mass is 10.3. The summed E-state index contributed by atoms with van der Waals surface area (Å²) >= 11 is 13.6. The smallest absolute Gasteiger partial charge is 0.140 e. The highest BCUT2D eigenvalue weighted by atomic mass is 35.5. The van der Waals surface area contributed by atoms with Gasteiger partial charge in [-0.2, -0.15) is 0 Å². The third kappa shape index (κ3) is 2.84. The van der Waals surface area contributed by atoms with Crippen molar-refractivity contribution in [2.45, 2.75) is 6.61 Å². The van der Waals surface area contributed by atoms with Gasteiger partial charge in [0.15, 0.2) is 0 Å². The van der Waals surface area contributed by atoms with Gasteiger partial charge in [0.2, 0.25) is 0 Å². The van der Waals surface area contributed by atoms with Crippen LogP contribution in [0.25, 0.3) is 10.2 Å². The fraction of sp³-hybridized carbons (Fsp3) is 0.0714. The van der Waals surface area contributed by atoms with E-state index in [1.807, 2.05) is 24.3 Å². The normalized spacial score (nSPS) is 10.8. The first kappa shape index (κ1) is 12.7. The van der Waals surface area contributed by atoms with Crippen molar-refractivity contribution in [1.82, 2.24) is 4.98 Å². The molecular formula is C14H9Cl2NOS. The zero-order valence-electron chi connectivity index (χ0n) is 9.77. The van der Waals surface area contributed by atoms with Crippen LogP contribution in [0.15, 0.2) is 42.5 Å². The minimum Gasteiger partial charge on any atom is -0.485 e. The Balaban J connectivity index is 1.80. The molecule has 0 radical (unpaired) electrons. The van der Waals surface area contributed by atoms with Gasteiger partial charge < -0.3 is 4.74 Å². The molecule has 0 amide bonds. The van der Waals surface area contributed by atoms with E-state index >= 15 is 0 Å². The first-order valence-corrected chi connectivity index (χ1v) is 7.22. The summed E-state index contributed by atoms with van der Waals surface area (Å²) < 4.78 is 6.82. The highest BCUT2D eigenvalue weighted by Gasteiger charge is 2.06. The fourth-order valence-electron chi connectivity index (χ4n) is 1.71. The van der Waals surface area contributed by atoms with Gasteiger partial charge in [-0.3, -0.25) is 0 Å². The second-order valence-electron chi connectivity index (χ2n) is 3.94. The molecule has 1 heterocycles. The zero-order valence-corrected chi connectivity index (χ0v) is 12.1. The lowest BCUT2D eigenvalue weighted by Gasteiger charge is -2.06. The van der Waals surface area contributed by atoms with Gasteiger partial charge in [-0.25, -0.2) is 4.98 Å². The molecule has 3 rings (SSSR count). The van der Waals surface area contributed by atoms with Gasteiger partial charge in [-0.15, -0.1) is 11.3 Å². The van der Waals surface area contributed by atoms with Gasteiger partial charge in [0, 0.05) is 11.1 Å². The summed E-state index contributed by atoms with van der Waals surface area (Å²) in [7, 11) is 0. The second kappa shape index (κ2) is 5.37. The maximum atomic E-state index is 6.04. The number of hydrogen-bond acceptors (Lipinski definition) is 3. The molecule has 19 heavy (non-hydrogen) atoms. The standard InChI is InChI=1S/C14H9Cl2NOS/c15-9-5-6-10(16)12(7-9)18-8-14-17-11-3-1-2-4-13(11)19-14/h1-7H,8H2. The maximum absolute atomic E-state index is 6.04. The number of benzene rings is 2. The van der Waals surface area contributed by atoms with Crippen LogP contribution in [0, 0.1) is 0 Å². The number of rotatable bonds is 3. The molecule has 0 saturated carbocycles. The second-order valence-corrected chi connectivity index (χ2v) is 5.90. The molecule has 0 fully saturated rings. The first-order chi connectivity index (χ1) is 9.22. The zero-order chi connectivity index (χ0) is 13.2. The third-order valence-electron chi connectivity index (χ3n) is 2.58. The first-order valence-electron chi connectivity index (χ1n) is 5.65. The van der Waals surface area contributed by atoms with Crippen LogP contribution < -0.4 is 4.74 Å². The molecule has 1 aromatic heterocycles. The molecule has 0 aliphatic carbocycles. The Labute approximate surface area is 124 Å². The van der Waals surface area contributed by atoms with Crippen LogP contribution in [-0.2, 0) is 6.61 Å². The van der Waals surface area contributed by atoms with Crippen LogP contribution in [0.2, 0.25) is 10.0 Å². The number of hydrogen-bond donors (Lipinski definition) is 0. The van der Waals surface area contributed by atoms with Crippen LogP contribution >= 0.6 is 34.5 Å². The van der Waals surface area contributed by atoms with Gasteiger partial charge in [0.1, 0.15) is 17.4 Å². The maximum Gasteiger partial charge on any atom is 0.140 e. The summed E-state index contributed by atoms with van der Waals surface area (Å²) in [5.74, 6) is 0.577. The molecule has 0 aliphatic rings. The van der Waals surface area contributed by atoms with Gasteiger partial charge in [0.05, 0.1) is 15.2 Å². The number of ether oxygens (including phenoxy) is 1. The van der Waals surface area contributed by atoms with Crippen LogP contribution in [-0.4, -0.2) is 4.98 Å². The van der Waals surface area contributed by atoms with E-state index in [0.717, 1.165) is 15.2 Å². The molecule has 0 atom stereocenters. The van der Waals surface area contributed by atoms with Crippen molar-refractivity contribution in [2.75, 3.05) is 0 Å². The highest BCUT2D eigenvalue weighted by molar-refractivity contribution is 7.18. The summed E-state index contributed by atoms with van der Waals surface area (Å²) in [4.78, 5) is 4.50. The van der Waals surface area contributed by atoms with E-state index in [1.165, 1.54) is 0 Å². The predicted molar refractivity (Wildman–Crippen MR) is 80.4 cm³/mol. The Kier molecular flexibility index (Phi) is 3.60. The van der Waals surface area contributed by atoms with E-state index in [0.29, 0.717) is 22.4 Å². The van der Waals surface area contributed by atoms with Crippen molar-refractivity contribution in [3.8, 4) is 5.75 Å². The molecule has 2 aromatic carbocycles. The summed E-state index contributed by atoms with van der Waals surface area (Å²) in [5.41, 5.74) is 0.989. The van der Waals surface area contributed by atoms with E-state index in [1.54, 1.807) is 29.5 Å². The quantitative estimate of drug-likeness (QED) is 0.665. The largest absolute Gasteiger partial charge is 0.485 e. The Hall–Kier alpha value is -1.29. The molecule has 0 bridgehead atoms. The Morgan fingerprint density at radius 2 is 1.95 bits per heavy atom. The Morgan fingerprint density at radius 1 is 1.11 bits per heavy atom. The molecule has 96 valence electrons. The number of fused-ring (bicyclic) bond motifs is 1. The van der Waals surface area contributed by atoms with E-state index in [9.17, 15) is 0 Å². The minimum absolute atomic E-state index is 0.388. The molecule has 3 aromatic rings. The topological polar surface area (TPSA) is 22.1 Å². The van der Waals surface area contributed by atoms with E-state index < -0.39 is 0 Å². The molecular weight excluding hydrogens is 301 g/mol. The van der Waals surface area contributed by atoms with Crippen molar-refractivity contribution in [1.29, 1.82) is 0 Å². The van der Waals surface area contributed by atoms with Crippen molar-refractivity contribution in [3.05, 3.63) is 57.5 Å². The van der Waals surface area contributed by atoms with Crippen LogP contribution in [0.1, 0.15) is 5.01 Å². The third-order valence-corrected chi connectivity index (χ3v) is 4.14. The highest BCUT2D eigenvalue weighted by Crippen LogP contribution is 2.29. The van der Waals surface area contributed by atoms with Crippen LogP contribution in [0.5, 0.6) is 5.75 Å². The number of aromatic nitrogens is 1. The Bertz CT molecular complexity index is 693. The number of halogens is 2. The van der Waals surface area contributed by atoms with Crippen LogP contribution in [0.4, 0.5) is 0 Å². The summed E-state index contributed by atoms with van der Waals surface area (Å²) in [5, 5.41) is 2.06. The minimum atomic E-state index is 0.388. The van der Waals surface area contributed by atoms with E-state index in [2.05, 4.69) is 4.98 Å². The van der Waals surface area contributed by atoms with Crippen molar-refractivity contribution in [2.24, 2.45) is 0 Å². The number of thiazole rings is 1. The number of nitrogens with zero attached hydrogens (tertiary/aromatic N) is 1. The molecule has 0 saturated heterocycles. The average Bonchev–Trinajstić information content (AvgIpc) is 2.82. The molecule has 5 heteroatoms. The Morgan fingerprint density at radius 3 is 2.79 bits per heavy atom. The monoisotopic (exact) mass is 309 g/mol. The van der Waals surface area contributed by atoms with Crippen LogP contribution in [0.3, 0.4) is 0 Å². The lowest BCUT2D eigenvalue weighted by Crippen LogP contribution is -1.95. The lowest BCUT2D eigenvalue weighted by molar-refractivity contribution is 0.306. The fourth-order valence-corrected chi connectivity index (χ4v) is 2.92. The van der Waals surface area contributed by atoms with Crippen molar-refractivity contribution in [3.63, 3.8) is 0 Å². The average molecular weight is 310 g/mol. The van der Waals surface area contributed by atoms with Gasteiger partial charge in [0.25, 0.3) is 0 Å². The van der Waals surface area contributed by atoms with Gasteiger partial charge in [-0.05, 0) is 24.3 Å². The van der Waals surface area contributed by atoms with Crippen molar-refractivity contribution >= 4 is 44.8 Å².